The van der Waals surface area contributed by atoms with Crippen LogP contribution in [0.25, 0.3) is 0 Å². The lowest BCUT2D eigenvalue weighted by Crippen LogP contribution is -2.48. The summed E-state index contributed by atoms with van der Waals surface area (Å²) in [5.41, 5.74) is 0. The third kappa shape index (κ3) is 2.21. The van der Waals surface area contributed by atoms with Gasteiger partial charge in [-0.1, -0.05) is 6.42 Å². The Bertz CT molecular complexity index is 302. The van der Waals surface area contributed by atoms with Crippen molar-refractivity contribution in [3.05, 3.63) is 0 Å². The normalized spacial score (nSPS) is 42.3. The van der Waals surface area contributed by atoms with Gasteiger partial charge in [0.15, 0.2) is 0 Å². The lowest BCUT2D eigenvalue weighted by molar-refractivity contribution is 0.176. The minimum atomic E-state index is 0.789. The second-order valence-electron chi connectivity index (χ2n) is 6.87. The first-order valence-electron chi connectivity index (χ1n) is 8.14. The molecule has 3 atom stereocenters. The average Bonchev–Trinajstić information content (AvgIpc) is 3.02. The van der Waals surface area contributed by atoms with Gasteiger partial charge in [-0.2, -0.15) is 0 Å². The van der Waals surface area contributed by atoms with Gasteiger partial charge < -0.3 is 5.32 Å². The highest BCUT2D eigenvalue weighted by molar-refractivity contribution is 4.98. The minimum Gasteiger partial charge on any atom is -0.308 e. The van der Waals surface area contributed by atoms with Gasteiger partial charge in [0, 0.05) is 43.8 Å². The molecule has 3 saturated heterocycles. The van der Waals surface area contributed by atoms with Gasteiger partial charge in [0.2, 0.25) is 0 Å². The molecule has 0 aromatic heterocycles. The van der Waals surface area contributed by atoms with E-state index in [1.54, 1.807) is 0 Å². The SMILES string of the molecule is C1CCN2CCC(NC3CCN(C4CC4)C3)C2C1. The Labute approximate surface area is 111 Å². The Morgan fingerprint density at radius 2 is 1.67 bits per heavy atom. The molecule has 4 aliphatic rings. The monoisotopic (exact) mass is 249 g/mol. The molecule has 3 nitrogen and oxygen atoms in total. The summed E-state index contributed by atoms with van der Waals surface area (Å²) in [4.78, 5) is 5.47. The zero-order valence-corrected chi connectivity index (χ0v) is 11.5. The molecule has 1 saturated carbocycles. The van der Waals surface area contributed by atoms with E-state index in [-0.39, 0.29) is 0 Å². The van der Waals surface area contributed by atoms with Crippen molar-refractivity contribution in [1.29, 1.82) is 0 Å². The number of hydrogen-bond donors (Lipinski definition) is 1. The van der Waals surface area contributed by atoms with Crippen molar-refractivity contribution in [2.24, 2.45) is 0 Å². The molecule has 3 unspecified atom stereocenters. The molecule has 1 N–H and O–H groups in total. The van der Waals surface area contributed by atoms with Gasteiger partial charge in [-0.25, -0.2) is 0 Å². The van der Waals surface area contributed by atoms with E-state index in [1.165, 1.54) is 71.1 Å². The molecule has 0 spiro atoms. The van der Waals surface area contributed by atoms with Gasteiger partial charge in [-0.15, -0.1) is 0 Å². The van der Waals surface area contributed by atoms with Crippen molar-refractivity contribution in [3.63, 3.8) is 0 Å². The number of rotatable bonds is 3. The molecule has 102 valence electrons. The third-order valence-electron chi connectivity index (χ3n) is 5.59. The number of likely N-dealkylation sites (tertiary alicyclic amines) is 1. The van der Waals surface area contributed by atoms with Crippen LogP contribution in [0.4, 0.5) is 0 Å². The molecule has 0 amide bonds. The Morgan fingerprint density at radius 1 is 0.778 bits per heavy atom. The zero-order chi connectivity index (χ0) is 11.9. The van der Waals surface area contributed by atoms with Gasteiger partial charge in [-0.05, 0) is 45.1 Å². The smallest absolute Gasteiger partial charge is 0.0249 e. The molecule has 1 aliphatic carbocycles. The van der Waals surface area contributed by atoms with Crippen molar-refractivity contribution in [3.8, 4) is 0 Å². The Morgan fingerprint density at radius 3 is 2.56 bits per heavy atom. The van der Waals surface area contributed by atoms with Crippen molar-refractivity contribution in [1.82, 2.24) is 15.1 Å². The van der Waals surface area contributed by atoms with E-state index < -0.39 is 0 Å². The summed E-state index contributed by atoms with van der Waals surface area (Å²) in [6.45, 7) is 5.39. The van der Waals surface area contributed by atoms with Crippen LogP contribution in [0.3, 0.4) is 0 Å². The van der Waals surface area contributed by atoms with E-state index in [9.17, 15) is 0 Å². The highest BCUT2D eigenvalue weighted by Gasteiger charge is 2.39. The Hall–Kier alpha value is -0.120. The lowest BCUT2D eigenvalue weighted by Gasteiger charge is -2.33. The van der Waals surface area contributed by atoms with Gasteiger partial charge >= 0.3 is 0 Å². The number of fused-ring (bicyclic) bond motifs is 1. The average molecular weight is 249 g/mol. The fourth-order valence-electron chi connectivity index (χ4n) is 4.44. The predicted molar refractivity (Wildman–Crippen MR) is 73.8 cm³/mol. The van der Waals surface area contributed by atoms with E-state index in [0.29, 0.717) is 0 Å². The minimum absolute atomic E-state index is 0.789. The maximum Gasteiger partial charge on any atom is 0.0249 e. The lowest BCUT2D eigenvalue weighted by atomic mass is 9.98. The van der Waals surface area contributed by atoms with E-state index in [2.05, 4.69) is 15.1 Å². The molecule has 4 fully saturated rings. The van der Waals surface area contributed by atoms with E-state index in [4.69, 9.17) is 0 Å². The Kier molecular flexibility index (Phi) is 3.10. The molecule has 3 heterocycles. The predicted octanol–water partition coefficient (Wildman–Crippen LogP) is 1.44. The highest BCUT2D eigenvalue weighted by Crippen LogP contribution is 2.31. The van der Waals surface area contributed by atoms with E-state index in [1.807, 2.05) is 0 Å². The number of piperidine rings is 1. The van der Waals surface area contributed by atoms with Crippen molar-refractivity contribution < 1.29 is 0 Å². The molecule has 3 heteroatoms. The summed E-state index contributed by atoms with van der Waals surface area (Å²) in [7, 11) is 0. The molecule has 4 rings (SSSR count). The standard InChI is InChI=1S/C15H27N3/c1-2-8-17-10-7-14(15(17)3-1)16-12-6-9-18(11-12)13-4-5-13/h12-16H,1-11H2. The highest BCUT2D eigenvalue weighted by atomic mass is 15.3. The van der Waals surface area contributed by atoms with Crippen molar-refractivity contribution in [2.75, 3.05) is 26.2 Å². The summed E-state index contributed by atoms with van der Waals surface area (Å²) in [6.07, 6.45) is 10.0. The van der Waals surface area contributed by atoms with Crippen molar-refractivity contribution in [2.45, 2.75) is 69.1 Å². The van der Waals surface area contributed by atoms with Gasteiger partial charge in [0.05, 0.1) is 0 Å². The third-order valence-corrected chi connectivity index (χ3v) is 5.59. The summed E-state index contributed by atoms with van der Waals surface area (Å²) in [5, 5.41) is 4.01. The quantitative estimate of drug-likeness (QED) is 0.816. The van der Waals surface area contributed by atoms with Crippen LogP contribution in [-0.4, -0.2) is 60.1 Å². The largest absolute Gasteiger partial charge is 0.308 e. The maximum atomic E-state index is 4.01. The van der Waals surface area contributed by atoms with Crippen LogP contribution in [0.15, 0.2) is 0 Å². The fraction of sp³-hybridized carbons (Fsp3) is 1.00. The van der Waals surface area contributed by atoms with Crippen LogP contribution in [0.5, 0.6) is 0 Å². The molecule has 3 aliphatic heterocycles. The van der Waals surface area contributed by atoms with Crippen LogP contribution in [0.2, 0.25) is 0 Å². The first kappa shape index (κ1) is 11.7. The maximum absolute atomic E-state index is 4.01. The van der Waals surface area contributed by atoms with Gasteiger partial charge in [-0.3, -0.25) is 9.80 Å². The molecule has 18 heavy (non-hydrogen) atoms. The van der Waals surface area contributed by atoms with Gasteiger partial charge in [0.25, 0.3) is 0 Å². The van der Waals surface area contributed by atoms with E-state index in [0.717, 1.165) is 24.2 Å². The summed E-state index contributed by atoms with van der Waals surface area (Å²) in [6, 6.07) is 3.42. The van der Waals surface area contributed by atoms with Crippen molar-refractivity contribution >= 4 is 0 Å². The second-order valence-corrected chi connectivity index (χ2v) is 6.87. The summed E-state index contributed by atoms with van der Waals surface area (Å²) >= 11 is 0. The molecule has 0 aromatic carbocycles. The molecular weight excluding hydrogens is 222 g/mol. The Balaban J connectivity index is 1.32. The molecule has 0 radical (unpaired) electrons. The fourth-order valence-corrected chi connectivity index (χ4v) is 4.44. The second kappa shape index (κ2) is 4.77. The van der Waals surface area contributed by atoms with Crippen LogP contribution in [0, 0.1) is 0 Å². The molecule has 0 aromatic rings. The first-order valence-corrected chi connectivity index (χ1v) is 8.14. The van der Waals surface area contributed by atoms with Crippen LogP contribution >= 0.6 is 0 Å². The van der Waals surface area contributed by atoms with Crippen LogP contribution in [-0.2, 0) is 0 Å². The summed E-state index contributed by atoms with van der Waals surface area (Å²) < 4.78 is 0. The summed E-state index contributed by atoms with van der Waals surface area (Å²) in [5.74, 6) is 0. The number of nitrogens with zero attached hydrogens (tertiary/aromatic N) is 2. The molecular formula is C15H27N3. The molecule has 0 bridgehead atoms. The number of hydrogen-bond acceptors (Lipinski definition) is 3. The van der Waals surface area contributed by atoms with E-state index >= 15 is 0 Å². The van der Waals surface area contributed by atoms with Crippen LogP contribution < -0.4 is 5.32 Å². The van der Waals surface area contributed by atoms with Crippen LogP contribution in [0.1, 0.15) is 44.9 Å². The topological polar surface area (TPSA) is 18.5 Å². The number of nitrogens with one attached hydrogen (secondary N) is 1. The first-order chi connectivity index (χ1) is 8.90. The van der Waals surface area contributed by atoms with Gasteiger partial charge in [0.1, 0.15) is 0 Å². The zero-order valence-electron chi connectivity index (χ0n) is 11.5.